The fourth-order valence-electron chi connectivity index (χ4n) is 3.24. The number of aromatic hydroxyl groups is 1. The molecule has 0 saturated carbocycles. The van der Waals surface area contributed by atoms with Crippen molar-refractivity contribution in [2.75, 3.05) is 11.9 Å². The first kappa shape index (κ1) is 23.3. The summed E-state index contributed by atoms with van der Waals surface area (Å²) in [7, 11) is 0. The Kier molecular flexibility index (Phi) is 6.79. The quantitative estimate of drug-likeness (QED) is 0.309. The predicted molar refractivity (Wildman–Crippen MR) is 136 cm³/mol. The number of aryl methyl sites for hydroxylation is 1. The van der Waals surface area contributed by atoms with E-state index in [0.717, 1.165) is 5.56 Å². The van der Waals surface area contributed by atoms with E-state index >= 15 is 0 Å². The minimum Gasteiger partial charge on any atom is -0.507 e. The molecule has 0 aliphatic carbocycles. The first-order valence-corrected chi connectivity index (χ1v) is 11.2. The summed E-state index contributed by atoms with van der Waals surface area (Å²) < 4.78 is 11.4. The van der Waals surface area contributed by atoms with E-state index in [4.69, 9.17) is 21.4 Å². The highest BCUT2D eigenvalue weighted by molar-refractivity contribution is 7.80. The standard InChI is InChI=1S/C26H25N3O4S/c1-15(2)14-32-19-8-5-17(6-9-19)24(31)29-26(34)27-18-7-10-20(22(30)13-18)25-28-21-11-4-16(3)12-23(21)33-25/h4-13,15,30H,14H2,1-3H3,(H2,27,29,31,34). The number of nitrogens with one attached hydrogen (secondary N) is 2. The third kappa shape index (κ3) is 5.52. The van der Waals surface area contributed by atoms with Gasteiger partial charge in [0, 0.05) is 17.3 Å². The van der Waals surface area contributed by atoms with Gasteiger partial charge in [0.25, 0.3) is 5.91 Å². The van der Waals surface area contributed by atoms with Gasteiger partial charge in [-0.2, -0.15) is 0 Å². The Labute approximate surface area is 202 Å². The summed E-state index contributed by atoms with van der Waals surface area (Å²) in [6.07, 6.45) is 0. The van der Waals surface area contributed by atoms with Crippen molar-refractivity contribution < 1.29 is 19.1 Å². The number of oxazole rings is 1. The number of aromatic nitrogens is 1. The molecule has 0 aliphatic rings. The molecule has 0 fully saturated rings. The number of ether oxygens (including phenoxy) is 1. The van der Waals surface area contributed by atoms with Crippen molar-refractivity contribution in [1.29, 1.82) is 0 Å². The highest BCUT2D eigenvalue weighted by Crippen LogP contribution is 2.33. The predicted octanol–water partition coefficient (Wildman–Crippen LogP) is 5.67. The summed E-state index contributed by atoms with van der Waals surface area (Å²) in [5.74, 6) is 1.06. The molecule has 0 saturated heterocycles. The Bertz CT molecular complexity index is 1350. The van der Waals surface area contributed by atoms with E-state index in [0.29, 0.717) is 52.1 Å². The van der Waals surface area contributed by atoms with Crippen LogP contribution < -0.4 is 15.4 Å². The van der Waals surface area contributed by atoms with Gasteiger partial charge in [-0.15, -0.1) is 0 Å². The normalized spacial score (nSPS) is 10.9. The second-order valence-electron chi connectivity index (χ2n) is 8.36. The molecule has 174 valence electrons. The molecule has 7 nitrogen and oxygen atoms in total. The van der Waals surface area contributed by atoms with Crippen LogP contribution in [0.4, 0.5) is 5.69 Å². The molecule has 8 heteroatoms. The van der Waals surface area contributed by atoms with Crippen molar-refractivity contribution in [1.82, 2.24) is 10.3 Å². The Morgan fingerprint density at radius 1 is 1.12 bits per heavy atom. The number of carbonyl (C=O) groups is 1. The molecular weight excluding hydrogens is 450 g/mol. The molecule has 0 aliphatic heterocycles. The highest BCUT2D eigenvalue weighted by Gasteiger charge is 2.14. The van der Waals surface area contributed by atoms with Gasteiger partial charge < -0.3 is 19.6 Å². The molecule has 1 aromatic heterocycles. The van der Waals surface area contributed by atoms with Crippen LogP contribution in [0.25, 0.3) is 22.6 Å². The lowest BCUT2D eigenvalue weighted by Crippen LogP contribution is -2.34. The van der Waals surface area contributed by atoms with Gasteiger partial charge in [0.2, 0.25) is 5.89 Å². The van der Waals surface area contributed by atoms with Crippen LogP contribution in [0.2, 0.25) is 0 Å². The molecule has 0 atom stereocenters. The number of thiocarbonyl (C=S) groups is 1. The van der Waals surface area contributed by atoms with E-state index in [2.05, 4.69) is 29.5 Å². The number of hydrogen-bond donors (Lipinski definition) is 3. The number of fused-ring (bicyclic) bond motifs is 1. The Hall–Kier alpha value is -3.91. The zero-order valence-corrected chi connectivity index (χ0v) is 19.9. The zero-order chi connectivity index (χ0) is 24.2. The number of amides is 1. The molecular formula is C26H25N3O4S. The average molecular weight is 476 g/mol. The van der Waals surface area contributed by atoms with Crippen molar-refractivity contribution in [3.63, 3.8) is 0 Å². The second-order valence-corrected chi connectivity index (χ2v) is 8.77. The molecule has 0 bridgehead atoms. The van der Waals surface area contributed by atoms with Crippen LogP contribution in [-0.2, 0) is 0 Å². The number of phenolic OH excluding ortho intramolecular Hbond substituents is 1. The van der Waals surface area contributed by atoms with Crippen LogP contribution >= 0.6 is 12.2 Å². The first-order valence-electron chi connectivity index (χ1n) is 10.8. The highest BCUT2D eigenvalue weighted by atomic mass is 32.1. The van der Waals surface area contributed by atoms with E-state index in [1.807, 2.05) is 25.1 Å². The van der Waals surface area contributed by atoms with Gasteiger partial charge in [0.15, 0.2) is 10.7 Å². The lowest BCUT2D eigenvalue weighted by atomic mass is 10.2. The lowest BCUT2D eigenvalue weighted by molar-refractivity contribution is 0.0977. The van der Waals surface area contributed by atoms with E-state index in [1.165, 1.54) is 6.07 Å². The molecule has 3 aromatic carbocycles. The Morgan fingerprint density at radius 2 is 1.88 bits per heavy atom. The minimum absolute atomic E-state index is 0.0283. The number of hydrogen-bond acceptors (Lipinski definition) is 6. The summed E-state index contributed by atoms with van der Waals surface area (Å²) in [6.45, 7) is 6.72. The monoisotopic (exact) mass is 475 g/mol. The molecule has 4 aromatic rings. The van der Waals surface area contributed by atoms with Crippen molar-refractivity contribution in [3.05, 3.63) is 71.8 Å². The Balaban J connectivity index is 1.39. The van der Waals surface area contributed by atoms with Crippen molar-refractivity contribution in [2.24, 2.45) is 5.92 Å². The van der Waals surface area contributed by atoms with Crippen LogP contribution in [0.15, 0.2) is 65.1 Å². The molecule has 4 rings (SSSR count). The fraction of sp³-hybridized carbons (Fsp3) is 0.192. The van der Waals surface area contributed by atoms with Crippen LogP contribution in [0.3, 0.4) is 0 Å². The largest absolute Gasteiger partial charge is 0.507 e. The SMILES string of the molecule is Cc1ccc2nc(-c3ccc(NC(=S)NC(=O)c4ccc(OCC(C)C)cc4)cc3O)oc2c1. The van der Waals surface area contributed by atoms with Gasteiger partial charge in [-0.25, -0.2) is 4.98 Å². The second kappa shape index (κ2) is 9.93. The van der Waals surface area contributed by atoms with E-state index < -0.39 is 0 Å². The summed E-state index contributed by atoms with van der Waals surface area (Å²) >= 11 is 5.25. The van der Waals surface area contributed by atoms with Gasteiger partial charge in [-0.05, 0) is 79.2 Å². The zero-order valence-electron chi connectivity index (χ0n) is 19.1. The third-order valence-electron chi connectivity index (χ3n) is 4.96. The van der Waals surface area contributed by atoms with Crippen molar-refractivity contribution in [3.8, 4) is 23.0 Å². The van der Waals surface area contributed by atoms with E-state index in [1.54, 1.807) is 36.4 Å². The average Bonchev–Trinajstić information content (AvgIpc) is 3.20. The molecule has 0 unspecified atom stereocenters. The number of anilines is 1. The topological polar surface area (TPSA) is 96.6 Å². The van der Waals surface area contributed by atoms with Gasteiger partial charge in [0.05, 0.1) is 12.2 Å². The molecule has 1 heterocycles. The number of nitrogens with zero attached hydrogens (tertiary/aromatic N) is 1. The molecule has 34 heavy (non-hydrogen) atoms. The van der Waals surface area contributed by atoms with Crippen molar-refractivity contribution in [2.45, 2.75) is 20.8 Å². The number of phenols is 1. The van der Waals surface area contributed by atoms with E-state index in [-0.39, 0.29) is 16.8 Å². The summed E-state index contributed by atoms with van der Waals surface area (Å²) in [5, 5.41) is 16.2. The number of rotatable bonds is 6. The van der Waals surface area contributed by atoms with Gasteiger partial charge in [-0.1, -0.05) is 19.9 Å². The minimum atomic E-state index is -0.351. The van der Waals surface area contributed by atoms with Gasteiger partial charge >= 0.3 is 0 Å². The maximum atomic E-state index is 12.5. The first-order chi connectivity index (χ1) is 16.3. The van der Waals surface area contributed by atoms with Crippen LogP contribution in [0.5, 0.6) is 11.5 Å². The molecule has 0 spiro atoms. The third-order valence-corrected chi connectivity index (χ3v) is 5.16. The Morgan fingerprint density at radius 3 is 2.59 bits per heavy atom. The molecule has 0 radical (unpaired) electrons. The summed E-state index contributed by atoms with van der Waals surface area (Å²) in [6, 6.07) is 17.5. The van der Waals surface area contributed by atoms with E-state index in [9.17, 15) is 9.90 Å². The number of carbonyl (C=O) groups excluding carboxylic acids is 1. The maximum absolute atomic E-state index is 12.5. The van der Waals surface area contributed by atoms with Crippen molar-refractivity contribution >= 4 is 40.0 Å². The number of benzene rings is 3. The van der Waals surface area contributed by atoms with Crippen LogP contribution in [-0.4, -0.2) is 27.7 Å². The lowest BCUT2D eigenvalue weighted by Gasteiger charge is -2.12. The fourth-order valence-corrected chi connectivity index (χ4v) is 3.45. The van der Waals surface area contributed by atoms with Crippen LogP contribution in [0.1, 0.15) is 29.8 Å². The van der Waals surface area contributed by atoms with Crippen LogP contribution in [0, 0.1) is 12.8 Å². The molecule has 1 amide bonds. The summed E-state index contributed by atoms with van der Waals surface area (Å²) in [5.41, 5.74) is 3.84. The summed E-state index contributed by atoms with van der Waals surface area (Å²) in [4.78, 5) is 16.9. The maximum Gasteiger partial charge on any atom is 0.257 e. The van der Waals surface area contributed by atoms with Gasteiger partial charge in [0.1, 0.15) is 17.0 Å². The van der Waals surface area contributed by atoms with Gasteiger partial charge in [-0.3, -0.25) is 10.1 Å². The molecule has 3 N–H and O–H groups in total. The smallest absolute Gasteiger partial charge is 0.257 e.